The summed E-state index contributed by atoms with van der Waals surface area (Å²) >= 11 is 0. The predicted octanol–water partition coefficient (Wildman–Crippen LogP) is 1.55. The van der Waals surface area contributed by atoms with E-state index < -0.39 is 12.2 Å². The van der Waals surface area contributed by atoms with Gasteiger partial charge >= 0.3 is 0 Å². The van der Waals surface area contributed by atoms with Crippen LogP contribution in [-0.2, 0) is 0 Å². The second-order valence-electron chi connectivity index (χ2n) is 3.65. The monoisotopic (exact) mass is 207 g/mol. The molecule has 0 radical (unpaired) electrons. The lowest BCUT2D eigenvalue weighted by Gasteiger charge is -2.13. The van der Waals surface area contributed by atoms with Crippen LogP contribution in [0.15, 0.2) is 22.6 Å². The van der Waals surface area contributed by atoms with Gasteiger partial charge < -0.3 is 14.6 Å². The van der Waals surface area contributed by atoms with E-state index >= 15 is 0 Å². The summed E-state index contributed by atoms with van der Waals surface area (Å²) in [5.74, 6) is 0.591. The molecule has 2 aromatic rings. The third kappa shape index (κ3) is 1.86. The SMILES string of the molecule is Cc1nc2ccc(C(O)C(C)O)cc2o1. The van der Waals surface area contributed by atoms with Crippen molar-refractivity contribution in [1.82, 2.24) is 4.98 Å². The number of nitrogens with zero attached hydrogens (tertiary/aromatic N) is 1. The fourth-order valence-electron chi connectivity index (χ4n) is 1.52. The van der Waals surface area contributed by atoms with Crippen molar-refractivity contribution in [3.05, 3.63) is 29.7 Å². The van der Waals surface area contributed by atoms with Gasteiger partial charge in [0.05, 0.1) is 6.10 Å². The van der Waals surface area contributed by atoms with Gasteiger partial charge in [-0.1, -0.05) is 6.07 Å². The van der Waals surface area contributed by atoms with Crippen molar-refractivity contribution in [2.24, 2.45) is 0 Å². The van der Waals surface area contributed by atoms with Crippen molar-refractivity contribution >= 4 is 11.1 Å². The number of fused-ring (bicyclic) bond motifs is 1. The van der Waals surface area contributed by atoms with E-state index in [0.717, 1.165) is 5.52 Å². The Balaban J connectivity index is 2.46. The Hall–Kier alpha value is -1.39. The summed E-state index contributed by atoms with van der Waals surface area (Å²) in [6.45, 7) is 3.31. The molecule has 4 nitrogen and oxygen atoms in total. The van der Waals surface area contributed by atoms with Crippen LogP contribution in [0.25, 0.3) is 11.1 Å². The molecular formula is C11H13NO3. The minimum Gasteiger partial charge on any atom is -0.441 e. The lowest BCUT2D eigenvalue weighted by molar-refractivity contribution is 0.0306. The fourth-order valence-corrected chi connectivity index (χ4v) is 1.52. The maximum Gasteiger partial charge on any atom is 0.192 e. The summed E-state index contributed by atoms with van der Waals surface area (Å²) in [6, 6.07) is 5.21. The lowest BCUT2D eigenvalue weighted by atomic mass is 10.1. The molecule has 2 atom stereocenters. The molecule has 4 heteroatoms. The molecule has 1 aromatic carbocycles. The van der Waals surface area contributed by atoms with Crippen LogP contribution in [-0.4, -0.2) is 21.3 Å². The number of aliphatic hydroxyl groups excluding tert-OH is 2. The van der Waals surface area contributed by atoms with Gasteiger partial charge in [-0.2, -0.15) is 0 Å². The zero-order valence-electron chi connectivity index (χ0n) is 8.64. The molecule has 0 fully saturated rings. The molecule has 0 saturated heterocycles. The van der Waals surface area contributed by atoms with Crippen LogP contribution in [0.3, 0.4) is 0 Å². The van der Waals surface area contributed by atoms with Gasteiger partial charge in [0.1, 0.15) is 11.6 Å². The zero-order chi connectivity index (χ0) is 11.0. The van der Waals surface area contributed by atoms with Crippen molar-refractivity contribution in [1.29, 1.82) is 0 Å². The van der Waals surface area contributed by atoms with Crippen LogP contribution in [0.4, 0.5) is 0 Å². The molecule has 0 spiro atoms. The Morgan fingerprint density at radius 1 is 1.33 bits per heavy atom. The van der Waals surface area contributed by atoms with Crippen molar-refractivity contribution in [2.75, 3.05) is 0 Å². The zero-order valence-corrected chi connectivity index (χ0v) is 8.64. The highest BCUT2D eigenvalue weighted by Crippen LogP contribution is 2.22. The standard InChI is InChI=1S/C11H13NO3/c1-6(13)11(14)8-3-4-9-10(5-8)15-7(2)12-9/h3-6,11,13-14H,1-2H3. The number of aromatic nitrogens is 1. The lowest BCUT2D eigenvalue weighted by Crippen LogP contribution is -2.13. The topological polar surface area (TPSA) is 66.5 Å². The number of oxazole rings is 1. The molecule has 1 heterocycles. The summed E-state index contributed by atoms with van der Waals surface area (Å²) in [4.78, 5) is 4.15. The quantitative estimate of drug-likeness (QED) is 0.784. The van der Waals surface area contributed by atoms with Crippen molar-refractivity contribution < 1.29 is 14.6 Å². The van der Waals surface area contributed by atoms with Gasteiger partial charge in [-0.3, -0.25) is 0 Å². The van der Waals surface area contributed by atoms with E-state index in [1.165, 1.54) is 0 Å². The molecule has 2 unspecified atom stereocenters. The molecule has 0 bridgehead atoms. The summed E-state index contributed by atoms with van der Waals surface area (Å²) < 4.78 is 5.33. The molecule has 0 aliphatic heterocycles. The number of aliphatic hydroxyl groups is 2. The van der Waals surface area contributed by atoms with Crippen LogP contribution < -0.4 is 0 Å². The van der Waals surface area contributed by atoms with Gasteiger partial charge in [0.25, 0.3) is 0 Å². The van der Waals surface area contributed by atoms with E-state index in [4.69, 9.17) is 4.42 Å². The van der Waals surface area contributed by atoms with Crippen molar-refractivity contribution in [3.63, 3.8) is 0 Å². The molecule has 15 heavy (non-hydrogen) atoms. The second kappa shape index (κ2) is 3.64. The molecule has 2 N–H and O–H groups in total. The van der Waals surface area contributed by atoms with Crippen LogP contribution in [0.2, 0.25) is 0 Å². The summed E-state index contributed by atoms with van der Waals surface area (Å²) in [7, 11) is 0. The highest BCUT2D eigenvalue weighted by molar-refractivity contribution is 5.73. The van der Waals surface area contributed by atoms with Gasteiger partial charge in [-0.25, -0.2) is 4.98 Å². The first-order valence-electron chi connectivity index (χ1n) is 4.81. The van der Waals surface area contributed by atoms with Gasteiger partial charge in [0.2, 0.25) is 0 Å². The smallest absolute Gasteiger partial charge is 0.192 e. The third-order valence-electron chi connectivity index (χ3n) is 2.32. The van der Waals surface area contributed by atoms with Crippen LogP contribution in [0.1, 0.15) is 24.5 Å². The van der Waals surface area contributed by atoms with Crippen molar-refractivity contribution in [2.45, 2.75) is 26.1 Å². The Bertz CT molecular complexity index is 476. The summed E-state index contributed by atoms with van der Waals surface area (Å²) in [5, 5.41) is 18.9. The Labute approximate surface area is 87.2 Å². The molecule has 80 valence electrons. The number of rotatable bonds is 2. The van der Waals surface area contributed by atoms with Crippen molar-refractivity contribution in [3.8, 4) is 0 Å². The maximum atomic E-state index is 9.65. The Kier molecular flexibility index (Phi) is 2.46. The van der Waals surface area contributed by atoms with E-state index in [1.54, 1.807) is 32.0 Å². The van der Waals surface area contributed by atoms with E-state index in [-0.39, 0.29) is 0 Å². The number of hydrogen-bond acceptors (Lipinski definition) is 4. The van der Waals surface area contributed by atoms with E-state index in [2.05, 4.69) is 4.98 Å². The van der Waals surface area contributed by atoms with E-state index in [0.29, 0.717) is 17.0 Å². The van der Waals surface area contributed by atoms with Gasteiger partial charge in [0.15, 0.2) is 11.5 Å². The highest BCUT2D eigenvalue weighted by atomic mass is 16.3. The summed E-state index contributed by atoms with van der Waals surface area (Å²) in [6.07, 6.45) is -1.69. The average Bonchev–Trinajstić information content (AvgIpc) is 2.55. The molecule has 0 aliphatic rings. The van der Waals surface area contributed by atoms with Crippen LogP contribution in [0.5, 0.6) is 0 Å². The molecule has 1 aromatic heterocycles. The van der Waals surface area contributed by atoms with E-state index in [1.807, 2.05) is 0 Å². The first-order chi connectivity index (χ1) is 7.08. The third-order valence-corrected chi connectivity index (χ3v) is 2.32. The second-order valence-corrected chi connectivity index (χ2v) is 3.65. The maximum absolute atomic E-state index is 9.65. The van der Waals surface area contributed by atoms with Gasteiger partial charge in [-0.15, -0.1) is 0 Å². The normalized spacial score (nSPS) is 15.5. The molecular weight excluding hydrogens is 194 g/mol. The van der Waals surface area contributed by atoms with Gasteiger partial charge in [-0.05, 0) is 24.6 Å². The predicted molar refractivity (Wildman–Crippen MR) is 55.4 cm³/mol. The van der Waals surface area contributed by atoms with E-state index in [9.17, 15) is 10.2 Å². The summed E-state index contributed by atoms with van der Waals surface area (Å²) in [5.41, 5.74) is 2.02. The highest BCUT2D eigenvalue weighted by Gasteiger charge is 2.14. The largest absolute Gasteiger partial charge is 0.441 e. The average molecular weight is 207 g/mol. The van der Waals surface area contributed by atoms with Crippen LogP contribution in [0, 0.1) is 6.92 Å². The van der Waals surface area contributed by atoms with Crippen LogP contribution >= 0.6 is 0 Å². The first-order valence-corrected chi connectivity index (χ1v) is 4.81. The number of aryl methyl sites for hydroxylation is 1. The molecule has 0 saturated carbocycles. The number of hydrogen-bond donors (Lipinski definition) is 2. The Morgan fingerprint density at radius 3 is 2.73 bits per heavy atom. The number of benzene rings is 1. The molecule has 2 rings (SSSR count). The molecule has 0 aliphatic carbocycles. The fraction of sp³-hybridized carbons (Fsp3) is 0.364. The minimum atomic E-state index is -0.889. The minimum absolute atomic E-state index is 0.591. The first kappa shape index (κ1) is 10.1. The van der Waals surface area contributed by atoms with Gasteiger partial charge in [0, 0.05) is 6.92 Å². The Morgan fingerprint density at radius 2 is 2.07 bits per heavy atom. The molecule has 0 amide bonds.